The fraction of sp³-hybridized carbons (Fsp3) is 0.900. The molecule has 0 bridgehead atoms. The summed E-state index contributed by atoms with van der Waals surface area (Å²) in [7, 11) is 0. The molecule has 6 atom stereocenters. The van der Waals surface area contributed by atoms with Crippen LogP contribution >= 0.6 is 0 Å². The van der Waals surface area contributed by atoms with Crippen molar-refractivity contribution >= 4 is 11.9 Å². The molecule has 6 unspecified atom stereocenters. The molecule has 0 amide bonds. The highest BCUT2D eigenvalue weighted by atomic mass is 16.7. The molecule has 0 aromatic heterocycles. The zero-order chi connectivity index (χ0) is 21.7. The van der Waals surface area contributed by atoms with Gasteiger partial charge in [0, 0.05) is 11.8 Å². The molecule has 0 aromatic carbocycles. The maximum Gasteiger partial charge on any atom is 0.336 e. The Balaban J connectivity index is 5.26. The van der Waals surface area contributed by atoms with Crippen molar-refractivity contribution in [2.24, 2.45) is 11.8 Å². The minimum Gasteiger partial charge on any atom is -0.479 e. The van der Waals surface area contributed by atoms with Gasteiger partial charge in [0.25, 0.3) is 0 Å². The van der Waals surface area contributed by atoms with Gasteiger partial charge in [-0.25, -0.2) is 9.59 Å². The lowest BCUT2D eigenvalue weighted by Crippen LogP contribution is -2.49. The number of aliphatic carboxylic acids is 2. The highest BCUT2D eigenvalue weighted by Gasteiger charge is 2.40. The summed E-state index contributed by atoms with van der Waals surface area (Å²) >= 11 is 0. The molecular weight excluding hydrogens is 368 g/mol. The summed E-state index contributed by atoms with van der Waals surface area (Å²) in [6.45, 7) is 7.69. The fourth-order valence-electron chi connectivity index (χ4n) is 3.07. The van der Waals surface area contributed by atoms with Gasteiger partial charge in [-0.05, 0) is 25.7 Å². The number of hydrogen-bond acceptors (Lipinski definition) is 6. The van der Waals surface area contributed by atoms with Gasteiger partial charge in [-0.3, -0.25) is 0 Å². The number of unbranched alkanes of at least 4 members (excludes halogenated alkanes) is 2. The van der Waals surface area contributed by atoms with Crippen LogP contribution in [0.4, 0.5) is 0 Å². The molecule has 0 radical (unpaired) electrons. The molecule has 0 rings (SSSR count). The van der Waals surface area contributed by atoms with Crippen LogP contribution < -0.4 is 0 Å². The van der Waals surface area contributed by atoms with Crippen molar-refractivity contribution in [2.75, 3.05) is 0 Å². The molecule has 166 valence electrons. The van der Waals surface area contributed by atoms with Crippen LogP contribution in [0.25, 0.3) is 0 Å². The van der Waals surface area contributed by atoms with E-state index < -0.39 is 36.7 Å². The van der Waals surface area contributed by atoms with Crippen LogP contribution in [0, 0.1) is 11.8 Å². The Hall–Kier alpha value is -1.22. The van der Waals surface area contributed by atoms with Gasteiger partial charge in [0.05, 0.1) is 0 Å². The average Bonchev–Trinajstić information content (AvgIpc) is 2.65. The van der Waals surface area contributed by atoms with Gasteiger partial charge in [-0.2, -0.15) is 0 Å². The predicted octanol–water partition coefficient (Wildman–Crippen LogP) is 3.00. The third kappa shape index (κ3) is 9.32. The van der Waals surface area contributed by atoms with Crippen molar-refractivity contribution in [3.63, 3.8) is 0 Å². The van der Waals surface area contributed by atoms with Crippen molar-refractivity contribution in [3.05, 3.63) is 0 Å². The number of carboxylic acid groups (broad SMARTS) is 2. The highest BCUT2D eigenvalue weighted by molar-refractivity contribution is 5.83. The molecule has 4 N–H and O–H groups in total. The summed E-state index contributed by atoms with van der Waals surface area (Å²) in [4.78, 5) is 23.3. The molecule has 8 nitrogen and oxygen atoms in total. The van der Waals surface area contributed by atoms with E-state index in [1.54, 1.807) is 0 Å². The average molecular weight is 407 g/mol. The molecule has 0 heterocycles. The summed E-state index contributed by atoms with van der Waals surface area (Å²) in [5, 5.41) is 39.5. The Kier molecular flexibility index (Phi) is 14.1. The minimum atomic E-state index is -1.93. The molecule has 0 spiro atoms. The van der Waals surface area contributed by atoms with Crippen LogP contribution in [-0.4, -0.2) is 57.2 Å². The van der Waals surface area contributed by atoms with Gasteiger partial charge >= 0.3 is 11.9 Å². The molecule has 0 aliphatic rings. The Bertz CT molecular complexity index is 402. The molecule has 0 saturated carbocycles. The van der Waals surface area contributed by atoms with Gasteiger partial charge in [0.2, 0.25) is 0 Å². The SMILES string of the molecule is CCCCC(CC)C(O)OC(C(=O)O)C(OC(O)C(CC)CCCC)C(=O)O. The molecular formula is C20H38O8. The number of hydrogen-bond donors (Lipinski definition) is 4. The molecule has 28 heavy (non-hydrogen) atoms. The first kappa shape index (κ1) is 26.8. The zero-order valence-electron chi connectivity index (χ0n) is 17.5. The fourth-order valence-corrected chi connectivity index (χ4v) is 3.07. The third-order valence-electron chi connectivity index (χ3n) is 5.05. The second-order valence-electron chi connectivity index (χ2n) is 7.19. The maximum absolute atomic E-state index is 11.6. The maximum atomic E-state index is 11.6. The lowest BCUT2D eigenvalue weighted by molar-refractivity contribution is -0.241. The monoisotopic (exact) mass is 406 g/mol. The van der Waals surface area contributed by atoms with E-state index in [-0.39, 0.29) is 11.8 Å². The first-order valence-electron chi connectivity index (χ1n) is 10.4. The van der Waals surface area contributed by atoms with Crippen molar-refractivity contribution in [2.45, 2.75) is 104 Å². The van der Waals surface area contributed by atoms with Gasteiger partial charge in [0.15, 0.2) is 24.8 Å². The topological polar surface area (TPSA) is 134 Å². The van der Waals surface area contributed by atoms with E-state index in [1.807, 2.05) is 27.7 Å². The quantitative estimate of drug-likeness (QED) is 0.271. The van der Waals surface area contributed by atoms with Crippen LogP contribution in [0.2, 0.25) is 0 Å². The Morgan fingerprint density at radius 2 is 1.04 bits per heavy atom. The van der Waals surface area contributed by atoms with Crippen LogP contribution in [-0.2, 0) is 19.1 Å². The normalized spacial score (nSPS) is 18.1. The van der Waals surface area contributed by atoms with Crippen molar-refractivity contribution in [3.8, 4) is 0 Å². The standard InChI is InChI=1S/C20H38O8/c1-5-9-11-13(7-3)19(25)27-15(17(21)22)16(18(23)24)28-20(26)14(8-4)12-10-6-2/h13-16,19-20,25-26H,5-12H2,1-4H3,(H,21,22)(H,23,24). The number of rotatable bonds is 17. The summed E-state index contributed by atoms with van der Waals surface area (Å²) in [6.07, 6.45) is -0.828. The minimum absolute atomic E-state index is 0.311. The zero-order valence-corrected chi connectivity index (χ0v) is 17.5. The molecule has 0 aliphatic heterocycles. The van der Waals surface area contributed by atoms with Crippen LogP contribution in [0.3, 0.4) is 0 Å². The number of aliphatic hydroxyl groups is 2. The van der Waals surface area contributed by atoms with E-state index >= 15 is 0 Å². The number of carbonyl (C=O) groups is 2. The smallest absolute Gasteiger partial charge is 0.336 e. The Morgan fingerprint density at radius 1 is 0.714 bits per heavy atom. The van der Waals surface area contributed by atoms with E-state index in [1.165, 1.54) is 0 Å². The number of ether oxygens (including phenoxy) is 2. The van der Waals surface area contributed by atoms with Crippen molar-refractivity contribution in [1.82, 2.24) is 0 Å². The van der Waals surface area contributed by atoms with E-state index in [4.69, 9.17) is 9.47 Å². The van der Waals surface area contributed by atoms with Gasteiger partial charge in [0.1, 0.15) is 0 Å². The van der Waals surface area contributed by atoms with Gasteiger partial charge in [-0.15, -0.1) is 0 Å². The van der Waals surface area contributed by atoms with Crippen LogP contribution in [0.1, 0.15) is 79.1 Å². The lowest BCUT2D eigenvalue weighted by atomic mass is 9.98. The van der Waals surface area contributed by atoms with Crippen molar-refractivity contribution in [1.29, 1.82) is 0 Å². The molecule has 0 saturated heterocycles. The van der Waals surface area contributed by atoms with E-state index in [0.29, 0.717) is 25.7 Å². The molecule has 0 aliphatic carbocycles. The second-order valence-corrected chi connectivity index (χ2v) is 7.19. The van der Waals surface area contributed by atoms with Gasteiger partial charge in [-0.1, -0.05) is 53.4 Å². The Labute approximate surface area is 167 Å². The van der Waals surface area contributed by atoms with E-state index in [9.17, 15) is 30.0 Å². The largest absolute Gasteiger partial charge is 0.479 e. The summed E-state index contributed by atoms with van der Waals surface area (Å²) in [5.74, 6) is -3.75. The number of carboxylic acids is 2. The molecule has 0 fully saturated rings. The summed E-state index contributed by atoms with van der Waals surface area (Å²) in [5.41, 5.74) is 0. The van der Waals surface area contributed by atoms with E-state index in [2.05, 4.69) is 0 Å². The first-order chi connectivity index (χ1) is 13.2. The highest BCUT2D eigenvalue weighted by Crippen LogP contribution is 2.23. The van der Waals surface area contributed by atoms with Crippen LogP contribution in [0.15, 0.2) is 0 Å². The first-order valence-corrected chi connectivity index (χ1v) is 10.4. The number of aliphatic hydroxyl groups excluding tert-OH is 2. The predicted molar refractivity (Wildman–Crippen MR) is 104 cm³/mol. The van der Waals surface area contributed by atoms with Crippen LogP contribution in [0.5, 0.6) is 0 Å². The summed E-state index contributed by atoms with van der Waals surface area (Å²) < 4.78 is 10.4. The van der Waals surface area contributed by atoms with E-state index in [0.717, 1.165) is 25.7 Å². The lowest BCUT2D eigenvalue weighted by Gasteiger charge is -2.30. The Morgan fingerprint density at radius 3 is 1.25 bits per heavy atom. The third-order valence-corrected chi connectivity index (χ3v) is 5.05. The second kappa shape index (κ2) is 14.7. The van der Waals surface area contributed by atoms with Gasteiger partial charge < -0.3 is 29.9 Å². The molecule has 8 heteroatoms. The summed E-state index contributed by atoms with van der Waals surface area (Å²) in [6, 6.07) is 0. The van der Waals surface area contributed by atoms with Crippen molar-refractivity contribution < 1.29 is 39.5 Å². The molecule has 0 aromatic rings.